The van der Waals surface area contributed by atoms with Crippen molar-refractivity contribution in [2.75, 3.05) is 18.0 Å². The summed E-state index contributed by atoms with van der Waals surface area (Å²) in [5.74, 6) is 1.08. The van der Waals surface area contributed by atoms with Gasteiger partial charge in [0.2, 0.25) is 0 Å². The number of anilines is 1. The molecule has 0 aromatic carbocycles. The zero-order valence-electron chi connectivity index (χ0n) is 14.6. The van der Waals surface area contributed by atoms with Crippen molar-refractivity contribution < 1.29 is 4.52 Å². The summed E-state index contributed by atoms with van der Waals surface area (Å²) in [5, 5.41) is 3.84. The minimum absolute atomic E-state index is 0.0261. The van der Waals surface area contributed by atoms with Crippen molar-refractivity contribution in [2.24, 2.45) is 5.92 Å². The molecular weight excluding hydrogens is 332 g/mol. The summed E-state index contributed by atoms with van der Waals surface area (Å²) in [6.07, 6.45) is 6.98. The largest absolute Gasteiger partial charge is 0.324 e. The Bertz CT molecular complexity index is 928. The van der Waals surface area contributed by atoms with Crippen molar-refractivity contribution in [2.45, 2.75) is 26.3 Å². The van der Waals surface area contributed by atoms with Gasteiger partial charge < -0.3 is 9.42 Å². The molecular formula is C18H20N6O2. The molecule has 26 heavy (non-hydrogen) atoms. The van der Waals surface area contributed by atoms with Gasteiger partial charge >= 0.3 is 6.01 Å². The van der Waals surface area contributed by atoms with E-state index in [1.807, 2.05) is 19.1 Å². The van der Waals surface area contributed by atoms with Crippen molar-refractivity contribution >= 4 is 6.01 Å². The molecule has 3 aromatic heterocycles. The third kappa shape index (κ3) is 3.49. The van der Waals surface area contributed by atoms with Gasteiger partial charge in [-0.2, -0.15) is 4.98 Å². The third-order valence-electron chi connectivity index (χ3n) is 4.71. The Labute approximate surface area is 150 Å². The fraction of sp³-hybridized carbons (Fsp3) is 0.389. The van der Waals surface area contributed by atoms with Crippen LogP contribution < -0.4 is 10.5 Å². The van der Waals surface area contributed by atoms with Crippen LogP contribution in [0.2, 0.25) is 0 Å². The molecule has 0 unspecified atom stereocenters. The van der Waals surface area contributed by atoms with Crippen molar-refractivity contribution in [3.63, 3.8) is 0 Å². The summed E-state index contributed by atoms with van der Waals surface area (Å²) in [7, 11) is 0. The van der Waals surface area contributed by atoms with E-state index in [0.717, 1.165) is 31.5 Å². The van der Waals surface area contributed by atoms with Gasteiger partial charge in [-0.3, -0.25) is 14.3 Å². The number of nitrogens with zero attached hydrogens (tertiary/aromatic N) is 6. The molecule has 0 bridgehead atoms. The first kappa shape index (κ1) is 16.4. The summed E-state index contributed by atoms with van der Waals surface area (Å²) in [4.78, 5) is 27.2. The molecule has 0 saturated carbocycles. The average Bonchev–Trinajstić information content (AvgIpc) is 3.11. The summed E-state index contributed by atoms with van der Waals surface area (Å²) >= 11 is 0. The van der Waals surface area contributed by atoms with E-state index < -0.39 is 0 Å². The highest BCUT2D eigenvalue weighted by Gasteiger charge is 2.23. The van der Waals surface area contributed by atoms with E-state index in [1.165, 1.54) is 0 Å². The predicted octanol–water partition coefficient (Wildman–Crippen LogP) is 1.91. The number of aryl methyl sites for hydroxylation is 1. The van der Waals surface area contributed by atoms with Crippen LogP contribution >= 0.6 is 0 Å². The molecule has 0 radical (unpaired) electrons. The van der Waals surface area contributed by atoms with Crippen LogP contribution in [0.25, 0.3) is 11.3 Å². The topological polar surface area (TPSA) is 89.9 Å². The van der Waals surface area contributed by atoms with E-state index in [1.54, 1.807) is 29.4 Å². The van der Waals surface area contributed by atoms with Gasteiger partial charge in [0.1, 0.15) is 0 Å². The maximum Gasteiger partial charge on any atom is 0.324 e. The molecule has 1 aliphatic heterocycles. The zero-order chi connectivity index (χ0) is 17.9. The quantitative estimate of drug-likeness (QED) is 0.708. The lowest BCUT2D eigenvalue weighted by molar-refractivity contribution is 0.330. The van der Waals surface area contributed by atoms with Gasteiger partial charge in [0.05, 0.1) is 12.0 Å². The Morgan fingerprint density at radius 2 is 2.00 bits per heavy atom. The highest BCUT2D eigenvalue weighted by molar-refractivity contribution is 5.57. The smallest absolute Gasteiger partial charge is 0.324 e. The fourth-order valence-electron chi connectivity index (χ4n) is 3.24. The highest BCUT2D eigenvalue weighted by atomic mass is 16.5. The first-order valence-electron chi connectivity index (χ1n) is 8.71. The maximum atomic E-state index is 12.4. The second-order valence-corrected chi connectivity index (χ2v) is 6.56. The number of hydrogen-bond donors (Lipinski definition) is 0. The van der Waals surface area contributed by atoms with Crippen molar-refractivity contribution in [1.82, 2.24) is 24.7 Å². The summed E-state index contributed by atoms with van der Waals surface area (Å²) in [6, 6.07) is 5.87. The first-order valence-corrected chi connectivity index (χ1v) is 8.71. The predicted molar refractivity (Wildman–Crippen MR) is 95.7 cm³/mol. The molecule has 3 aromatic rings. The molecule has 0 amide bonds. The molecule has 8 nitrogen and oxygen atoms in total. The molecule has 8 heteroatoms. The van der Waals surface area contributed by atoms with Gasteiger partial charge in [0.15, 0.2) is 5.82 Å². The normalized spacial score (nSPS) is 15.3. The van der Waals surface area contributed by atoms with Crippen molar-refractivity contribution in [3.05, 3.63) is 53.1 Å². The molecule has 0 spiro atoms. The second-order valence-electron chi connectivity index (χ2n) is 6.56. The molecule has 4 rings (SSSR count). The molecule has 4 heterocycles. The van der Waals surface area contributed by atoms with Gasteiger partial charge in [0.25, 0.3) is 5.56 Å². The Morgan fingerprint density at radius 1 is 1.23 bits per heavy atom. The number of pyridine rings is 1. The average molecular weight is 352 g/mol. The number of hydrogen-bond acceptors (Lipinski definition) is 7. The standard InChI is InChI=1S/C18H20N6O2/c1-13-21-18(26-22-13)23-8-4-14(5-9-23)11-24-12-20-16(10-17(24)25)15-2-6-19-7-3-15/h2-3,6-7,10,12,14H,4-5,8-9,11H2,1H3. The molecule has 0 aliphatic carbocycles. The van der Waals surface area contributed by atoms with E-state index in [9.17, 15) is 4.79 Å². The Hall–Kier alpha value is -3.03. The first-order chi connectivity index (χ1) is 12.7. The Morgan fingerprint density at radius 3 is 2.65 bits per heavy atom. The molecule has 1 saturated heterocycles. The van der Waals surface area contributed by atoms with Gasteiger partial charge in [-0.15, -0.1) is 0 Å². The van der Waals surface area contributed by atoms with Gasteiger partial charge in [-0.05, 0) is 37.8 Å². The van der Waals surface area contributed by atoms with E-state index in [2.05, 4.69) is 25.0 Å². The van der Waals surface area contributed by atoms with Crippen LogP contribution in [-0.2, 0) is 6.54 Å². The SMILES string of the molecule is Cc1noc(N2CCC(Cn3cnc(-c4ccncc4)cc3=O)CC2)n1. The van der Waals surface area contributed by atoms with E-state index in [4.69, 9.17) is 4.52 Å². The Kier molecular flexibility index (Phi) is 4.47. The molecule has 1 fully saturated rings. The monoisotopic (exact) mass is 352 g/mol. The lowest BCUT2D eigenvalue weighted by atomic mass is 9.97. The maximum absolute atomic E-state index is 12.4. The summed E-state index contributed by atoms with van der Waals surface area (Å²) in [5.41, 5.74) is 1.55. The number of rotatable bonds is 4. The van der Waals surface area contributed by atoms with Crippen LogP contribution in [0.5, 0.6) is 0 Å². The van der Waals surface area contributed by atoms with Gasteiger partial charge in [-0.25, -0.2) is 4.98 Å². The van der Waals surface area contributed by atoms with Crippen LogP contribution in [0.1, 0.15) is 18.7 Å². The van der Waals surface area contributed by atoms with Crippen LogP contribution in [0.4, 0.5) is 6.01 Å². The van der Waals surface area contributed by atoms with Crippen LogP contribution in [0.15, 0.2) is 46.2 Å². The van der Waals surface area contributed by atoms with E-state index >= 15 is 0 Å². The third-order valence-corrected chi connectivity index (χ3v) is 4.71. The number of piperidine rings is 1. The van der Waals surface area contributed by atoms with Gasteiger partial charge in [-0.1, -0.05) is 5.16 Å². The van der Waals surface area contributed by atoms with E-state index in [-0.39, 0.29) is 5.56 Å². The van der Waals surface area contributed by atoms with Crippen LogP contribution in [0, 0.1) is 12.8 Å². The lowest BCUT2D eigenvalue weighted by Gasteiger charge is -2.30. The molecule has 0 N–H and O–H groups in total. The lowest BCUT2D eigenvalue weighted by Crippen LogP contribution is -2.36. The van der Waals surface area contributed by atoms with Gasteiger partial charge in [0, 0.05) is 43.7 Å². The summed E-state index contributed by atoms with van der Waals surface area (Å²) in [6.45, 7) is 4.20. The molecule has 1 aliphatic rings. The van der Waals surface area contributed by atoms with Crippen LogP contribution in [-0.4, -0.2) is 37.8 Å². The fourth-order valence-corrected chi connectivity index (χ4v) is 3.24. The zero-order valence-corrected chi connectivity index (χ0v) is 14.6. The van der Waals surface area contributed by atoms with Crippen molar-refractivity contribution in [1.29, 1.82) is 0 Å². The highest BCUT2D eigenvalue weighted by Crippen LogP contribution is 2.23. The summed E-state index contributed by atoms with van der Waals surface area (Å²) < 4.78 is 6.92. The van der Waals surface area contributed by atoms with E-state index in [0.29, 0.717) is 30.0 Å². The van der Waals surface area contributed by atoms with Crippen molar-refractivity contribution in [3.8, 4) is 11.3 Å². The minimum atomic E-state index is -0.0261. The molecule has 134 valence electrons. The van der Waals surface area contributed by atoms with Crippen LogP contribution in [0.3, 0.4) is 0 Å². The Balaban J connectivity index is 1.40. The molecule has 0 atom stereocenters. The minimum Gasteiger partial charge on any atom is -0.324 e. The second kappa shape index (κ2) is 7.07. The number of aromatic nitrogens is 5.